The Morgan fingerprint density at radius 3 is 2.47 bits per heavy atom. The SMILES string of the molecule is CNC(=O)c1cccc(Oc2ccc(N)cc2)c1C. The van der Waals surface area contributed by atoms with Crippen molar-refractivity contribution in [2.24, 2.45) is 0 Å². The first kappa shape index (κ1) is 13.0. The molecule has 2 aromatic carbocycles. The van der Waals surface area contributed by atoms with Crippen molar-refractivity contribution in [3.8, 4) is 11.5 Å². The van der Waals surface area contributed by atoms with Crippen molar-refractivity contribution in [1.29, 1.82) is 0 Å². The molecule has 2 rings (SSSR count). The van der Waals surface area contributed by atoms with E-state index in [9.17, 15) is 4.79 Å². The first-order valence-corrected chi connectivity index (χ1v) is 5.97. The number of nitrogens with two attached hydrogens (primary N) is 1. The van der Waals surface area contributed by atoms with Gasteiger partial charge >= 0.3 is 0 Å². The van der Waals surface area contributed by atoms with Crippen LogP contribution < -0.4 is 15.8 Å². The summed E-state index contributed by atoms with van der Waals surface area (Å²) in [6.07, 6.45) is 0. The molecule has 0 heterocycles. The van der Waals surface area contributed by atoms with E-state index in [0.29, 0.717) is 22.7 Å². The van der Waals surface area contributed by atoms with Crippen LogP contribution in [-0.4, -0.2) is 13.0 Å². The largest absolute Gasteiger partial charge is 0.457 e. The van der Waals surface area contributed by atoms with Crippen LogP contribution in [-0.2, 0) is 0 Å². The second-order valence-electron chi connectivity index (χ2n) is 4.18. The number of rotatable bonds is 3. The van der Waals surface area contributed by atoms with Crippen molar-refractivity contribution in [2.75, 3.05) is 12.8 Å². The van der Waals surface area contributed by atoms with Gasteiger partial charge in [-0.1, -0.05) is 6.07 Å². The number of nitrogens with one attached hydrogen (secondary N) is 1. The Kier molecular flexibility index (Phi) is 3.71. The summed E-state index contributed by atoms with van der Waals surface area (Å²) in [6, 6.07) is 12.5. The molecule has 0 saturated carbocycles. The van der Waals surface area contributed by atoms with Crippen LogP contribution in [0.3, 0.4) is 0 Å². The minimum atomic E-state index is -0.125. The minimum Gasteiger partial charge on any atom is -0.457 e. The summed E-state index contributed by atoms with van der Waals surface area (Å²) >= 11 is 0. The summed E-state index contributed by atoms with van der Waals surface area (Å²) in [5, 5.41) is 2.61. The molecule has 3 N–H and O–H groups in total. The summed E-state index contributed by atoms with van der Waals surface area (Å²) in [5.74, 6) is 1.22. The Morgan fingerprint density at radius 1 is 1.16 bits per heavy atom. The molecule has 0 unspecified atom stereocenters. The smallest absolute Gasteiger partial charge is 0.251 e. The molecule has 0 fully saturated rings. The fourth-order valence-electron chi connectivity index (χ4n) is 1.77. The van der Waals surface area contributed by atoms with Crippen LogP contribution in [0.2, 0.25) is 0 Å². The third kappa shape index (κ3) is 2.85. The van der Waals surface area contributed by atoms with Crippen LogP contribution >= 0.6 is 0 Å². The van der Waals surface area contributed by atoms with Gasteiger partial charge in [0.25, 0.3) is 5.91 Å². The van der Waals surface area contributed by atoms with Gasteiger partial charge in [-0.25, -0.2) is 0 Å². The van der Waals surface area contributed by atoms with Crippen LogP contribution in [0, 0.1) is 6.92 Å². The molecule has 4 heteroatoms. The number of ether oxygens (including phenoxy) is 1. The van der Waals surface area contributed by atoms with E-state index in [-0.39, 0.29) is 5.91 Å². The van der Waals surface area contributed by atoms with E-state index < -0.39 is 0 Å². The molecule has 2 aromatic rings. The number of hydrogen-bond acceptors (Lipinski definition) is 3. The Hall–Kier alpha value is -2.49. The highest BCUT2D eigenvalue weighted by atomic mass is 16.5. The van der Waals surface area contributed by atoms with E-state index in [1.54, 1.807) is 43.4 Å². The molecule has 0 radical (unpaired) electrons. The monoisotopic (exact) mass is 256 g/mol. The van der Waals surface area contributed by atoms with Crippen LogP contribution in [0.15, 0.2) is 42.5 Å². The molecule has 0 bridgehead atoms. The number of benzene rings is 2. The second kappa shape index (κ2) is 5.44. The van der Waals surface area contributed by atoms with Gasteiger partial charge in [0.1, 0.15) is 11.5 Å². The molecular formula is C15H16N2O2. The lowest BCUT2D eigenvalue weighted by Crippen LogP contribution is -2.19. The highest BCUT2D eigenvalue weighted by Gasteiger charge is 2.11. The van der Waals surface area contributed by atoms with Gasteiger partial charge in [-0.3, -0.25) is 4.79 Å². The van der Waals surface area contributed by atoms with Crippen molar-refractivity contribution in [3.63, 3.8) is 0 Å². The molecule has 0 aliphatic heterocycles. The fourth-order valence-corrected chi connectivity index (χ4v) is 1.77. The molecule has 98 valence electrons. The van der Waals surface area contributed by atoms with E-state index in [4.69, 9.17) is 10.5 Å². The van der Waals surface area contributed by atoms with Gasteiger partial charge in [0.15, 0.2) is 0 Å². The average molecular weight is 256 g/mol. The highest BCUT2D eigenvalue weighted by Crippen LogP contribution is 2.27. The first-order chi connectivity index (χ1) is 9.11. The topological polar surface area (TPSA) is 64.3 Å². The van der Waals surface area contributed by atoms with Gasteiger partial charge in [0, 0.05) is 23.9 Å². The van der Waals surface area contributed by atoms with Gasteiger partial charge in [-0.05, 0) is 43.3 Å². The number of carbonyl (C=O) groups excluding carboxylic acids is 1. The van der Waals surface area contributed by atoms with Gasteiger partial charge < -0.3 is 15.8 Å². The second-order valence-corrected chi connectivity index (χ2v) is 4.18. The lowest BCUT2D eigenvalue weighted by molar-refractivity contribution is 0.0962. The molecule has 1 amide bonds. The van der Waals surface area contributed by atoms with Gasteiger partial charge in [0.05, 0.1) is 0 Å². The van der Waals surface area contributed by atoms with E-state index >= 15 is 0 Å². The minimum absolute atomic E-state index is 0.125. The summed E-state index contributed by atoms with van der Waals surface area (Å²) < 4.78 is 5.76. The number of carbonyl (C=O) groups is 1. The van der Waals surface area contributed by atoms with E-state index in [2.05, 4.69) is 5.32 Å². The summed E-state index contributed by atoms with van der Waals surface area (Å²) in [4.78, 5) is 11.7. The van der Waals surface area contributed by atoms with Crippen LogP contribution in [0.5, 0.6) is 11.5 Å². The Bertz CT molecular complexity index is 592. The van der Waals surface area contributed by atoms with E-state index in [0.717, 1.165) is 5.56 Å². The molecule has 0 atom stereocenters. The van der Waals surface area contributed by atoms with Crippen molar-refractivity contribution in [1.82, 2.24) is 5.32 Å². The fraction of sp³-hybridized carbons (Fsp3) is 0.133. The Labute approximate surface area is 112 Å². The summed E-state index contributed by atoms with van der Waals surface area (Å²) in [7, 11) is 1.61. The molecular weight excluding hydrogens is 240 g/mol. The van der Waals surface area contributed by atoms with E-state index in [1.807, 2.05) is 13.0 Å². The molecule has 0 spiro atoms. The molecule has 0 aromatic heterocycles. The highest BCUT2D eigenvalue weighted by molar-refractivity contribution is 5.96. The number of anilines is 1. The van der Waals surface area contributed by atoms with Crippen molar-refractivity contribution in [3.05, 3.63) is 53.6 Å². The number of nitrogen functional groups attached to an aromatic ring is 1. The zero-order chi connectivity index (χ0) is 13.8. The normalized spacial score (nSPS) is 10.0. The zero-order valence-electron chi connectivity index (χ0n) is 10.9. The number of hydrogen-bond donors (Lipinski definition) is 2. The average Bonchev–Trinajstić information content (AvgIpc) is 2.43. The maximum Gasteiger partial charge on any atom is 0.251 e. The van der Waals surface area contributed by atoms with Crippen molar-refractivity contribution in [2.45, 2.75) is 6.92 Å². The maximum atomic E-state index is 11.7. The molecule has 0 saturated heterocycles. The summed E-state index contributed by atoms with van der Waals surface area (Å²) in [6.45, 7) is 1.86. The van der Waals surface area contributed by atoms with E-state index in [1.165, 1.54) is 0 Å². The predicted octanol–water partition coefficient (Wildman–Crippen LogP) is 2.73. The molecule has 0 aliphatic carbocycles. The van der Waals surface area contributed by atoms with Gasteiger partial charge in [0.2, 0.25) is 0 Å². The quantitative estimate of drug-likeness (QED) is 0.830. The van der Waals surface area contributed by atoms with Gasteiger partial charge in [-0.2, -0.15) is 0 Å². The lowest BCUT2D eigenvalue weighted by atomic mass is 10.1. The number of amides is 1. The van der Waals surface area contributed by atoms with Crippen LogP contribution in [0.25, 0.3) is 0 Å². The zero-order valence-corrected chi connectivity index (χ0v) is 10.9. The van der Waals surface area contributed by atoms with Crippen LogP contribution in [0.4, 0.5) is 5.69 Å². The summed E-state index contributed by atoms with van der Waals surface area (Å²) in [5.41, 5.74) is 7.72. The Balaban J connectivity index is 2.30. The standard InChI is InChI=1S/C15H16N2O2/c1-10-13(15(18)17-2)4-3-5-14(10)19-12-8-6-11(16)7-9-12/h3-9H,16H2,1-2H3,(H,17,18). The third-order valence-electron chi connectivity index (χ3n) is 2.86. The molecule has 4 nitrogen and oxygen atoms in total. The van der Waals surface area contributed by atoms with Crippen molar-refractivity contribution >= 4 is 11.6 Å². The third-order valence-corrected chi connectivity index (χ3v) is 2.86. The molecule has 19 heavy (non-hydrogen) atoms. The van der Waals surface area contributed by atoms with Crippen LogP contribution in [0.1, 0.15) is 15.9 Å². The molecule has 0 aliphatic rings. The predicted molar refractivity (Wildman–Crippen MR) is 75.5 cm³/mol. The maximum absolute atomic E-state index is 11.7. The Morgan fingerprint density at radius 2 is 1.84 bits per heavy atom. The lowest BCUT2D eigenvalue weighted by Gasteiger charge is -2.11. The first-order valence-electron chi connectivity index (χ1n) is 5.97. The van der Waals surface area contributed by atoms with Crippen molar-refractivity contribution < 1.29 is 9.53 Å². The van der Waals surface area contributed by atoms with Gasteiger partial charge in [-0.15, -0.1) is 0 Å².